The zero-order valence-corrected chi connectivity index (χ0v) is 12.4. The predicted octanol–water partition coefficient (Wildman–Crippen LogP) is 3.02. The first-order chi connectivity index (χ1) is 9.69. The fourth-order valence-electron chi connectivity index (χ4n) is 2.04. The fourth-order valence-corrected chi connectivity index (χ4v) is 2.04. The summed E-state index contributed by atoms with van der Waals surface area (Å²) >= 11 is 0. The molecule has 1 aromatic heterocycles. The van der Waals surface area contributed by atoms with Gasteiger partial charge >= 0.3 is 0 Å². The lowest BCUT2D eigenvalue weighted by molar-refractivity contribution is 0.320. The maximum Gasteiger partial charge on any atom is 0.191 e. The Morgan fingerprint density at radius 2 is 1.95 bits per heavy atom. The van der Waals surface area contributed by atoms with Crippen LogP contribution >= 0.6 is 0 Å². The number of rotatable bonds is 7. The monoisotopic (exact) mass is 274 g/mol. The summed E-state index contributed by atoms with van der Waals surface area (Å²) in [5.74, 6) is 2.49. The van der Waals surface area contributed by atoms with E-state index in [1.807, 2.05) is 26.0 Å². The molecule has 1 heterocycles. The molecule has 0 aliphatic carbocycles. The molecule has 0 aliphatic heterocycles. The summed E-state index contributed by atoms with van der Waals surface area (Å²) < 4.78 is 11.1. The molecule has 0 saturated carbocycles. The van der Waals surface area contributed by atoms with Gasteiger partial charge in [0.25, 0.3) is 0 Å². The number of aryl methyl sites for hydroxylation is 2. The van der Waals surface area contributed by atoms with E-state index in [1.54, 1.807) is 0 Å². The molecular weight excluding hydrogens is 252 g/mol. The first-order valence-corrected chi connectivity index (χ1v) is 7.04. The smallest absolute Gasteiger partial charge is 0.191 e. The molecule has 0 unspecified atom stereocenters. The van der Waals surface area contributed by atoms with E-state index in [9.17, 15) is 0 Å². The molecule has 2 aromatic rings. The molecular formula is C16H22N2O2. The lowest BCUT2D eigenvalue weighted by Crippen LogP contribution is -2.11. The van der Waals surface area contributed by atoms with Crippen molar-refractivity contribution in [1.29, 1.82) is 0 Å². The van der Waals surface area contributed by atoms with E-state index >= 15 is 0 Å². The lowest BCUT2D eigenvalue weighted by atomic mass is 10.2. The largest absolute Gasteiger partial charge is 0.493 e. The van der Waals surface area contributed by atoms with E-state index in [0.717, 1.165) is 36.7 Å². The molecule has 0 spiro atoms. The first-order valence-electron chi connectivity index (χ1n) is 7.04. The molecule has 1 aromatic carbocycles. The Labute approximate surface area is 120 Å². The minimum absolute atomic E-state index is 0.610. The van der Waals surface area contributed by atoms with Gasteiger partial charge in [0.2, 0.25) is 0 Å². The summed E-state index contributed by atoms with van der Waals surface area (Å²) in [6, 6.07) is 8.19. The van der Waals surface area contributed by atoms with Crippen molar-refractivity contribution in [3.63, 3.8) is 0 Å². The topological polar surface area (TPSA) is 47.3 Å². The van der Waals surface area contributed by atoms with Gasteiger partial charge in [-0.1, -0.05) is 19.1 Å². The van der Waals surface area contributed by atoms with Crippen LogP contribution in [0.1, 0.15) is 29.8 Å². The van der Waals surface area contributed by atoms with Crippen molar-refractivity contribution >= 4 is 0 Å². The molecule has 20 heavy (non-hydrogen) atoms. The maximum atomic E-state index is 5.73. The Morgan fingerprint density at radius 1 is 1.20 bits per heavy atom. The summed E-state index contributed by atoms with van der Waals surface area (Å²) in [6.45, 7) is 8.39. The second-order valence-electron chi connectivity index (χ2n) is 4.76. The van der Waals surface area contributed by atoms with Crippen molar-refractivity contribution in [2.75, 3.05) is 13.2 Å². The highest BCUT2D eigenvalue weighted by Crippen LogP contribution is 2.14. The van der Waals surface area contributed by atoms with E-state index < -0.39 is 0 Å². The quantitative estimate of drug-likeness (QED) is 0.843. The van der Waals surface area contributed by atoms with Crippen molar-refractivity contribution < 1.29 is 9.15 Å². The Bertz CT molecular complexity index is 532. The van der Waals surface area contributed by atoms with Crippen molar-refractivity contribution in [1.82, 2.24) is 10.3 Å². The molecule has 2 rings (SSSR count). The average molecular weight is 274 g/mol. The van der Waals surface area contributed by atoms with Gasteiger partial charge in [-0.3, -0.25) is 0 Å². The minimum atomic E-state index is 0.610. The third-order valence-electron chi connectivity index (χ3n) is 3.11. The Morgan fingerprint density at radius 3 is 2.55 bits per heavy atom. The molecule has 0 amide bonds. The zero-order chi connectivity index (χ0) is 14.4. The molecule has 0 bridgehead atoms. The highest BCUT2D eigenvalue weighted by molar-refractivity contribution is 5.27. The molecule has 0 radical (unpaired) electrons. The molecule has 1 N–H and O–H groups in total. The van der Waals surface area contributed by atoms with Crippen LogP contribution in [0.5, 0.6) is 5.75 Å². The van der Waals surface area contributed by atoms with Gasteiger partial charge < -0.3 is 14.5 Å². The van der Waals surface area contributed by atoms with Crippen LogP contribution in [0.3, 0.4) is 0 Å². The second-order valence-corrected chi connectivity index (χ2v) is 4.76. The third-order valence-corrected chi connectivity index (χ3v) is 3.11. The van der Waals surface area contributed by atoms with Crippen molar-refractivity contribution in [2.45, 2.75) is 33.7 Å². The maximum absolute atomic E-state index is 5.73. The molecule has 108 valence electrons. The number of benzene rings is 1. The van der Waals surface area contributed by atoms with Crippen molar-refractivity contribution in [3.8, 4) is 5.75 Å². The Balaban J connectivity index is 1.80. The van der Waals surface area contributed by atoms with Gasteiger partial charge in [0.15, 0.2) is 5.89 Å². The number of hydrogen-bond acceptors (Lipinski definition) is 4. The number of ether oxygens (including phenoxy) is 1. The van der Waals surface area contributed by atoms with E-state index in [1.165, 1.54) is 5.56 Å². The second kappa shape index (κ2) is 7.10. The standard InChI is InChI=1S/C16H22N2O2/c1-4-17-11-14-5-7-15(8-6-14)19-10-9-16-12(2)20-13(3)18-16/h5-8,17H,4,9-11H2,1-3H3. The van der Waals surface area contributed by atoms with Crippen LogP contribution in [0.15, 0.2) is 28.7 Å². The molecule has 0 saturated heterocycles. The van der Waals surface area contributed by atoms with Gasteiger partial charge in [-0.2, -0.15) is 0 Å². The number of aromatic nitrogens is 1. The van der Waals surface area contributed by atoms with Crippen LogP contribution in [-0.2, 0) is 13.0 Å². The first kappa shape index (κ1) is 14.6. The van der Waals surface area contributed by atoms with Gasteiger partial charge in [0.1, 0.15) is 11.5 Å². The predicted molar refractivity (Wildman–Crippen MR) is 79.0 cm³/mol. The number of nitrogens with one attached hydrogen (secondary N) is 1. The normalized spacial score (nSPS) is 10.8. The summed E-state index contributed by atoms with van der Waals surface area (Å²) in [4.78, 5) is 4.33. The van der Waals surface area contributed by atoms with Gasteiger partial charge in [0.05, 0.1) is 12.3 Å². The van der Waals surface area contributed by atoms with Crippen LogP contribution < -0.4 is 10.1 Å². The lowest BCUT2D eigenvalue weighted by Gasteiger charge is -2.07. The summed E-state index contributed by atoms with van der Waals surface area (Å²) in [6.07, 6.45) is 0.766. The average Bonchev–Trinajstić information content (AvgIpc) is 2.76. The van der Waals surface area contributed by atoms with Crippen molar-refractivity contribution in [3.05, 3.63) is 47.2 Å². The van der Waals surface area contributed by atoms with Gasteiger partial charge in [-0.25, -0.2) is 4.98 Å². The summed E-state index contributed by atoms with van der Waals surface area (Å²) in [5.41, 5.74) is 2.24. The third kappa shape index (κ3) is 4.10. The number of hydrogen-bond donors (Lipinski definition) is 1. The highest BCUT2D eigenvalue weighted by Gasteiger charge is 2.06. The number of oxazole rings is 1. The summed E-state index contributed by atoms with van der Waals surface area (Å²) in [7, 11) is 0. The minimum Gasteiger partial charge on any atom is -0.493 e. The Hall–Kier alpha value is -1.81. The van der Waals surface area contributed by atoms with Gasteiger partial charge in [-0.05, 0) is 31.2 Å². The number of nitrogens with zero attached hydrogens (tertiary/aromatic N) is 1. The van der Waals surface area contributed by atoms with E-state index in [0.29, 0.717) is 12.5 Å². The SMILES string of the molecule is CCNCc1ccc(OCCc2nc(C)oc2C)cc1. The zero-order valence-electron chi connectivity index (χ0n) is 12.4. The fraction of sp³-hybridized carbons (Fsp3) is 0.438. The van der Waals surface area contributed by atoms with Crippen LogP contribution in [-0.4, -0.2) is 18.1 Å². The highest BCUT2D eigenvalue weighted by atomic mass is 16.5. The van der Waals surface area contributed by atoms with Crippen LogP contribution in [0.2, 0.25) is 0 Å². The molecule has 0 aliphatic rings. The van der Waals surface area contributed by atoms with Gasteiger partial charge in [0, 0.05) is 19.9 Å². The Kier molecular flexibility index (Phi) is 5.18. The summed E-state index contributed by atoms with van der Waals surface area (Å²) in [5, 5.41) is 3.30. The van der Waals surface area contributed by atoms with E-state index in [-0.39, 0.29) is 0 Å². The van der Waals surface area contributed by atoms with Crippen molar-refractivity contribution in [2.24, 2.45) is 0 Å². The molecule has 4 heteroatoms. The molecule has 4 nitrogen and oxygen atoms in total. The molecule has 0 atom stereocenters. The van der Waals surface area contributed by atoms with Crippen LogP contribution in [0.25, 0.3) is 0 Å². The van der Waals surface area contributed by atoms with E-state index in [2.05, 4.69) is 29.4 Å². The molecule has 0 fully saturated rings. The van der Waals surface area contributed by atoms with Crippen LogP contribution in [0.4, 0.5) is 0 Å². The van der Waals surface area contributed by atoms with Crippen LogP contribution in [0, 0.1) is 13.8 Å². The van der Waals surface area contributed by atoms with Gasteiger partial charge in [-0.15, -0.1) is 0 Å². The van der Waals surface area contributed by atoms with E-state index in [4.69, 9.17) is 9.15 Å².